The van der Waals surface area contributed by atoms with Gasteiger partial charge in [0.1, 0.15) is 15.6 Å². The summed E-state index contributed by atoms with van der Waals surface area (Å²) in [6, 6.07) is 9.00. The van der Waals surface area contributed by atoms with Gasteiger partial charge in [-0.15, -0.1) is 11.3 Å². The third-order valence-corrected chi connectivity index (χ3v) is 5.95. The zero-order chi connectivity index (χ0) is 19.8. The predicted octanol–water partition coefficient (Wildman–Crippen LogP) is 4.21. The summed E-state index contributed by atoms with van der Waals surface area (Å²) in [6.07, 6.45) is 3.65. The summed E-state index contributed by atoms with van der Waals surface area (Å²) in [5.74, 6) is -0.223. The molecule has 0 radical (unpaired) electrons. The van der Waals surface area contributed by atoms with Crippen molar-refractivity contribution < 1.29 is 4.79 Å². The minimum atomic E-state index is -0.637. The van der Waals surface area contributed by atoms with Gasteiger partial charge in [0.15, 0.2) is 0 Å². The Morgan fingerprint density at radius 1 is 1.25 bits per heavy atom. The molecule has 0 fully saturated rings. The van der Waals surface area contributed by atoms with Crippen molar-refractivity contribution in [2.75, 3.05) is 5.32 Å². The third kappa shape index (κ3) is 3.07. The molecule has 6 nitrogen and oxygen atoms in total. The SMILES string of the molecule is CC[C@H](C(=O)Nc1cc(C)ccc1C)n1cnc2c(sc3ncccc32)c1=O. The fraction of sp³-hybridized carbons (Fsp3) is 0.238. The number of carbonyl (C=O) groups is 1. The maximum atomic E-state index is 13.1. The number of amides is 1. The summed E-state index contributed by atoms with van der Waals surface area (Å²) >= 11 is 1.31. The molecule has 3 heterocycles. The first-order valence-electron chi connectivity index (χ1n) is 9.12. The van der Waals surface area contributed by atoms with E-state index in [4.69, 9.17) is 0 Å². The lowest BCUT2D eigenvalue weighted by Crippen LogP contribution is -2.33. The smallest absolute Gasteiger partial charge is 0.272 e. The van der Waals surface area contributed by atoms with E-state index in [-0.39, 0.29) is 11.5 Å². The highest BCUT2D eigenvalue weighted by molar-refractivity contribution is 7.25. The average molecular weight is 392 g/mol. The maximum absolute atomic E-state index is 13.1. The van der Waals surface area contributed by atoms with Crippen LogP contribution in [-0.4, -0.2) is 20.4 Å². The Morgan fingerprint density at radius 3 is 2.86 bits per heavy atom. The Labute approximate surface area is 165 Å². The van der Waals surface area contributed by atoms with Gasteiger partial charge in [-0.1, -0.05) is 19.1 Å². The van der Waals surface area contributed by atoms with Gasteiger partial charge in [-0.25, -0.2) is 9.97 Å². The van der Waals surface area contributed by atoms with Gasteiger partial charge in [0.05, 0.1) is 11.8 Å². The first kappa shape index (κ1) is 18.3. The zero-order valence-electron chi connectivity index (χ0n) is 15.9. The Bertz CT molecular complexity index is 1260. The monoisotopic (exact) mass is 392 g/mol. The number of hydrogen-bond acceptors (Lipinski definition) is 5. The van der Waals surface area contributed by atoms with Crippen LogP contribution < -0.4 is 10.9 Å². The summed E-state index contributed by atoms with van der Waals surface area (Å²) in [6.45, 7) is 5.81. The quantitative estimate of drug-likeness (QED) is 0.564. The van der Waals surface area contributed by atoms with E-state index < -0.39 is 6.04 Å². The van der Waals surface area contributed by atoms with Gasteiger partial charge in [-0.2, -0.15) is 0 Å². The summed E-state index contributed by atoms with van der Waals surface area (Å²) in [5.41, 5.74) is 3.23. The minimum Gasteiger partial charge on any atom is -0.324 e. The summed E-state index contributed by atoms with van der Waals surface area (Å²) in [4.78, 5) is 35.6. The van der Waals surface area contributed by atoms with Gasteiger partial charge in [-0.3, -0.25) is 14.2 Å². The Morgan fingerprint density at radius 2 is 2.07 bits per heavy atom. The lowest BCUT2D eigenvalue weighted by molar-refractivity contribution is -0.119. The second-order valence-electron chi connectivity index (χ2n) is 6.82. The normalized spacial score (nSPS) is 12.4. The number of rotatable bonds is 4. The number of nitrogens with zero attached hydrogens (tertiary/aromatic N) is 3. The Balaban J connectivity index is 1.75. The second-order valence-corrected chi connectivity index (χ2v) is 7.82. The van der Waals surface area contributed by atoms with Gasteiger partial charge in [0.25, 0.3) is 5.56 Å². The number of aromatic nitrogens is 3. The fourth-order valence-corrected chi connectivity index (χ4v) is 4.33. The van der Waals surface area contributed by atoms with Crippen molar-refractivity contribution in [2.45, 2.75) is 33.2 Å². The first-order chi connectivity index (χ1) is 13.5. The molecular weight excluding hydrogens is 372 g/mol. The van der Waals surface area contributed by atoms with Crippen LogP contribution in [0.5, 0.6) is 0 Å². The van der Waals surface area contributed by atoms with Crippen LogP contribution in [0.3, 0.4) is 0 Å². The van der Waals surface area contributed by atoms with Crippen molar-refractivity contribution in [3.63, 3.8) is 0 Å². The molecule has 1 N–H and O–H groups in total. The summed E-state index contributed by atoms with van der Waals surface area (Å²) in [5, 5.41) is 3.83. The molecule has 0 saturated heterocycles. The molecule has 0 aliphatic heterocycles. The van der Waals surface area contributed by atoms with Gasteiger partial charge < -0.3 is 5.32 Å². The second kappa shape index (κ2) is 7.16. The number of nitrogens with one attached hydrogen (secondary N) is 1. The standard InChI is InChI=1S/C21H20N4O2S/c1-4-16(19(26)24-15-10-12(2)7-8-13(15)3)25-11-23-17-14-6-5-9-22-20(14)28-18(17)21(25)27/h5-11,16H,4H2,1-3H3,(H,24,26)/t16-/m1/s1. The molecule has 0 saturated carbocycles. The number of fused-ring (bicyclic) bond motifs is 3. The lowest BCUT2D eigenvalue weighted by Gasteiger charge is -2.18. The molecule has 7 heteroatoms. The van der Waals surface area contributed by atoms with Crippen molar-refractivity contribution in [1.29, 1.82) is 0 Å². The molecule has 28 heavy (non-hydrogen) atoms. The molecule has 3 aromatic heterocycles. The number of aryl methyl sites for hydroxylation is 2. The van der Waals surface area contributed by atoms with Crippen LogP contribution in [0.25, 0.3) is 20.4 Å². The van der Waals surface area contributed by atoms with Crippen molar-refractivity contribution in [3.05, 3.63) is 64.3 Å². The highest BCUT2D eigenvalue weighted by Gasteiger charge is 2.23. The van der Waals surface area contributed by atoms with E-state index in [1.54, 1.807) is 6.20 Å². The topological polar surface area (TPSA) is 76.9 Å². The number of pyridine rings is 1. The molecule has 1 aromatic carbocycles. The molecule has 4 rings (SSSR count). The van der Waals surface area contributed by atoms with E-state index in [0.717, 1.165) is 27.0 Å². The van der Waals surface area contributed by atoms with E-state index in [1.807, 2.05) is 51.1 Å². The van der Waals surface area contributed by atoms with Crippen LogP contribution >= 0.6 is 11.3 Å². The molecule has 0 bridgehead atoms. The minimum absolute atomic E-state index is 0.212. The van der Waals surface area contributed by atoms with Crippen LogP contribution in [-0.2, 0) is 4.79 Å². The van der Waals surface area contributed by atoms with E-state index in [1.165, 1.54) is 22.2 Å². The van der Waals surface area contributed by atoms with E-state index in [9.17, 15) is 9.59 Å². The Hall–Kier alpha value is -3.06. The highest BCUT2D eigenvalue weighted by atomic mass is 32.1. The van der Waals surface area contributed by atoms with Crippen molar-refractivity contribution in [1.82, 2.24) is 14.5 Å². The van der Waals surface area contributed by atoms with Gasteiger partial charge in [0, 0.05) is 17.3 Å². The molecule has 1 atom stereocenters. The Kier molecular flexibility index (Phi) is 4.68. The van der Waals surface area contributed by atoms with Gasteiger partial charge in [-0.05, 0) is 49.6 Å². The highest BCUT2D eigenvalue weighted by Crippen LogP contribution is 2.28. The van der Waals surface area contributed by atoms with Crippen LogP contribution in [0.15, 0.2) is 47.7 Å². The largest absolute Gasteiger partial charge is 0.324 e. The van der Waals surface area contributed by atoms with Crippen molar-refractivity contribution in [3.8, 4) is 0 Å². The van der Waals surface area contributed by atoms with Crippen LogP contribution in [0.2, 0.25) is 0 Å². The molecule has 1 amide bonds. The van der Waals surface area contributed by atoms with E-state index >= 15 is 0 Å². The van der Waals surface area contributed by atoms with Gasteiger partial charge >= 0.3 is 0 Å². The number of hydrogen-bond donors (Lipinski definition) is 1. The molecule has 4 aromatic rings. The number of thiophene rings is 1. The number of benzene rings is 1. The maximum Gasteiger partial charge on any atom is 0.272 e. The molecular formula is C21H20N4O2S. The predicted molar refractivity (Wildman–Crippen MR) is 113 cm³/mol. The number of anilines is 1. The number of carbonyl (C=O) groups excluding carboxylic acids is 1. The molecule has 0 spiro atoms. The molecule has 0 aliphatic carbocycles. The fourth-order valence-electron chi connectivity index (χ4n) is 3.30. The van der Waals surface area contributed by atoms with Crippen LogP contribution in [0.1, 0.15) is 30.5 Å². The van der Waals surface area contributed by atoms with Crippen LogP contribution in [0, 0.1) is 13.8 Å². The van der Waals surface area contributed by atoms with Gasteiger partial charge in [0.2, 0.25) is 5.91 Å². The lowest BCUT2D eigenvalue weighted by atomic mass is 10.1. The molecule has 0 aliphatic rings. The summed E-state index contributed by atoms with van der Waals surface area (Å²) < 4.78 is 1.95. The van der Waals surface area contributed by atoms with Crippen molar-refractivity contribution >= 4 is 43.4 Å². The van der Waals surface area contributed by atoms with E-state index in [0.29, 0.717) is 16.6 Å². The first-order valence-corrected chi connectivity index (χ1v) is 9.93. The van der Waals surface area contributed by atoms with Crippen molar-refractivity contribution in [2.24, 2.45) is 0 Å². The summed E-state index contributed by atoms with van der Waals surface area (Å²) in [7, 11) is 0. The van der Waals surface area contributed by atoms with E-state index in [2.05, 4.69) is 15.3 Å². The molecule has 142 valence electrons. The molecule has 0 unspecified atom stereocenters. The zero-order valence-corrected chi connectivity index (χ0v) is 16.7. The van der Waals surface area contributed by atoms with Crippen LogP contribution in [0.4, 0.5) is 5.69 Å². The average Bonchev–Trinajstić information content (AvgIpc) is 3.07. The third-order valence-electron chi connectivity index (χ3n) is 4.86.